The maximum Gasteiger partial charge on any atom is 0.230 e. The van der Waals surface area contributed by atoms with Crippen LogP contribution in [0, 0.1) is 0 Å². The van der Waals surface area contributed by atoms with Crippen molar-refractivity contribution in [3.63, 3.8) is 0 Å². The number of nitrogens with zero attached hydrogens (tertiary/aromatic N) is 1. The number of anilines is 1. The number of hydrogen-bond acceptors (Lipinski definition) is 3. The Morgan fingerprint density at radius 3 is 2.89 bits per heavy atom. The fraction of sp³-hybridized carbons (Fsp3) is 0.286. The Morgan fingerprint density at radius 2 is 2.11 bits per heavy atom. The third kappa shape index (κ3) is 2.43. The second kappa shape index (κ2) is 4.90. The number of rotatable bonds is 3. The molecule has 1 amide bonds. The van der Waals surface area contributed by atoms with E-state index in [2.05, 4.69) is 10.3 Å². The van der Waals surface area contributed by atoms with Gasteiger partial charge in [0.2, 0.25) is 5.91 Å². The highest BCUT2D eigenvalue weighted by atomic mass is 32.1. The Balaban J connectivity index is 1.64. The van der Waals surface area contributed by atoms with E-state index in [-0.39, 0.29) is 5.91 Å². The molecule has 0 spiro atoms. The van der Waals surface area contributed by atoms with E-state index in [1.165, 1.54) is 17.0 Å². The number of aromatic nitrogens is 1. The smallest absolute Gasteiger partial charge is 0.230 e. The summed E-state index contributed by atoms with van der Waals surface area (Å²) in [5.74, 6) is 0.00798. The monoisotopic (exact) mass is 258 g/mol. The SMILES string of the molecule is O=C(Cc1ccccc1)Nc1nc2c(s1)CCC2. The highest BCUT2D eigenvalue weighted by Gasteiger charge is 2.17. The van der Waals surface area contributed by atoms with Crippen molar-refractivity contribution in [2.75, 3.05) is 5.32 Å². The molecule has 0 atom stereocenters. The number of amides is 1. The summed E-state index contributed by atoms with van der Waals surface area (Å²) in [5.41, 5.74) is 2.20. The minimum atomic E-state index is 0.00798. The molecular formula is C14H14N2OS. The van der Waals surface area contributed by atoms with Crippen molar-refractivity contribution < 1.29 is 4.79 Å². The van der Waals surface area contributed by atoms with Crippen molar-refractivity contribution in [3.05, 3.63) is 46.5 Å². The molecule has 0 bridgehead atoms. The molecule has 2 aromatic rings. The van der Waals surface area contributed by atoms with Crippen molar-refractivity contribution in [2.24, 2.45) is 0 Å². The van der Waals surface area contributed by atoms with Crippen molar-refractivity contribution in [2.45, 2.75) is 25.7 Å². The number of carbonyl (C=O) groups excluding carboxylic acids is 1. The van der Waals surface area contributed by atoms with Gasteiger partial charge in [-0.3, -0.25) is 4.79 Å². The van der Waals surface area contributed by atoms with Crippen molar-refractivity contribution in [3.8, 4) is 0 Å². The van der Waals surface area contributed by atoms with Gasteiger partial charge in [-0.05, 0) is 24.8 Å². The fourth-order valence-corrected chi connectivity index (χ4v) is 3.25. The summed E-state index contributed by atoms with van der Waals surface area (Å²) in [7, 11) is 0. The molecule has 1 N–H and O–H groups in total. The van der Waals surface area contributed by atoms with Crippen molar-refractivity contribution in [1.29, 1.82) is 0 Å². The molecule has 92 valence electrons. The quantitative estimate of drug-likeness (QED) is 0.919. The summed E-state index contributed by atoms with van der Waals surface area (Å²) >= 11 is 1.62. The Hall–Kier alpha value is -1.68. The summed E-state index contributed by atoms with van der Waals surface area (Å²) in [5, 5.41) is 3.64. The molecule has 0 radical (unpaired) electrons. The normalized spacial score (nSPS) is 13.3. The van der Waals surface area contributed by atoms with Crippen LogP contribution in [0.3, 0.4) is 0 Å². The van der Waals surface area contributed by atoms with E-state index in [1.807, 2.05) is 30.3 Å². The van der Waals surface area contributed by atoms with E-state index >= 15 is 0 Å². The lowest BCUT2D eigenvalue weighted by atomic mass is 10.1. The number of fused-ring (bicyclic) bond motifs is 1. The van der Waals surface area contributed by atoms with E-state index in [0.717, 1.165) is 23.5 Å². The summed E-state index contributed by atoms with van der Waals surface area (Å²) in [6, 6.07) is 9.76. The van der Waals surface area contributed by atoms with Gasteiger partial charge >= 0.3 is 0 Å². The van der Waals surface area contributed by atoms with Gasteiger partial charge in [-0.25, -0.2) is 4.98 Å². The molecule has 0 saturated heterocycles. The third-order valence-corrected chi connectivity index (χ3v) is 4.12. The predicted molar refractivity (Wildman–Crippen MR) is 72.9 cm³/mol. The van der Waals surface area contributed by atoms with Gasteiger partial charge in [-0.15, -0.1) is 11.3 Å². The molecule has 0 fully saturated rings. The standard InChI is InChI=1S/C14H14N2OS/c17-13(9-10-5-2-1-3-6-10)16-14-15-11-7-4-8-12(11)18-14/h1-3,5-6H,4,7-9H2,(H,15,16,17). The third-order valence-electron chi connectivity index (χ3n) is 3.05. The summed E-state index contributed by atoms with van der Waals surface area (Å²) < 4.78 is 0. The highest BCUT2D eigenvalue weighted by molar-refractivity contribution is 7.15. The fourth-order valence-electron chi connectivity index (χ4n) is 2.19. The van der Waals surface area contributed by atoms with Gasteiger partial charge in [0.15, 0.2) is 5.13 Å². The average molecular weight is 258 g/mol. The first-order valence-electron chi connectivity index (χ1n) is 6.13. The molecule has 1 heterocycles. The number of benzene rings is 1. The topological polar surface area (TPSA) is 42.0 Å². The molecule has 0 saturated carbocycles. The molecule has 0 unspecified atom stereocenters. The predicted octanol–water partition coefficient (Wildman–Crippen LogP) is 2.81. The van der Waals surface area contributed by atoms with Gasteiger partial charge in [0.25, 0.3) is 0 Å². The molecule has 3 rings (SSSR count). The zero-order valence-electron chi connectivity index (χ0n) is 9.98. The Labute approximate surface area is 110 Å². The number of hydrogen-bond donors (Lipinski definition) is 1. The van der Waals surface area contributed by atoms with E-state index in [0.29, 0.717) is 6.42 Å². The second-order valence-corrected chi connectivity index (χ2v) is 5.54. The maximum atomic E-state index is 11.9. The summed E-state index contributed by atoms with van der Waals surface area (Å²) in [6.45, 7) is 0. The minimum absolute atomic E-state index is 0.00798. The van der Waals surface area contributed by atoms with Gasteiger partial charge in [-0.1, -0.05) is 30.3 Å². The number of carbonyl (C=O) groups is 1. The first-order valence-corrected chi connectivity index (χ1v) is 6.95. The van der Waals surface area contributed by atoms with Crippen molar-refractivity contribution >= 4 is 22.4 Å². The molecular weight excluding hydrogens is 244 g/mol. The van der Waals surface area contributed by atoms with Crippen LogP contribution < -0.4 is 5.32 Å². The molecule has 3 nitrogen and oxygen atoms in total. The van der Waals surface area contributed by atoms with Crippen LogP contribution in [0.25, 0.3) is 0 Å². The largest absolute Gasteiger partial charge is 0.302 e. The second-order valence-electron chi connectivity index (χ2n) is 4.45. The highest BCUT2D eigenvalue weighted by Crippen LogP contribution is 2.30. The van der Waals surface area contributed by atoms with Gasteiger partial charge in [-0.2, -0.15) is 0 Å². The van der Waals surface area contributed by atoms with Gasteiger partial charge < -0.3 is 5.32 Å². The summed E-state index contributed by atoms with van der Waals surface area (Å²) in [6.07, 6.45) is 3.78. The molecule has 1 aliphatic carbocycles. The molecule has 1 aliphatic rings. The average Bonchev–Trinajstić information content (AvgIpc) is 2.90. The van der Waals surface area contributed by atoms with Crippen LogP contribution in [0.2, 0.25) is 0 Å². The van der Waals surface area contributed by atoms with E-state index in [4.69, 9.17) is 0 Å². The van der Waals surface area contributed by atoms with Crippen LogP contribution in [0.15, 0.2) is 30.3 Å². The van der Waals surface area contributed by atoms with Gasteiger partial charge in [0.05, 0.1) is 12.1 Å². The Kier molecular flexibility index (Phi) is 3.11. The molecule has 1 aromatic heterocycles. The van der Waals surface area contributed by atoms with Gasteiger partial charge in [0, 0.05) is 4.88 Å². The zero-order chi connectivity index (χ0) is 12.4. The lowest BCUT2D eigenvalue weighted by molar-refractivity contribution is -0.115. The van der Waals surface area contributed by atoms with Crippen LogP contribution in [0.1, 0.15) is 22.6 Å². The first-order chi connectivity index (χ1) is 8.81. The van der Waals surface area contributed by atoms with E-state index in [9.17, 15) is 4.79 Å². The zero-order valence-corrected chi connectivity index (χ0v) is 10.8. The molecule has 4 heteroatoms. The molecule has 1 aromatic carbocycles. The van der Waals surface area contributed by atoms with Gasteiger partial charge in [0.1, 0.15) is 0 Å². The van der Waals surface area contributed by atoms with Crippen LogP contribution in [0.5, 0.6) is 0 Å². The molecule has 0 aliphatic heterocycles. The number of thiazole rings is 1. The van der Waals surface area contributed by atoms with Crippen LogP contribution in [-0.2, 0) is 24.1 Å². The minimum Gasteiger partial charge on any atom is -0.302 e. The number of nitrogens with one attached hydrogen (secondary N) is 1. The van der Waals surface area contributed by atoms with E-state index < -0.39 is 0 Å². The van der Waals surface area contributed by atoms with Crippen LogP contribution in [0.4, 0.5) is 5.13 Å². The van der Waals surface area contributed by atoms with Crippen LogP contribution in [-0.4, -0.2) is 10.9 Å². The maximum absolute atomic E-state index is 11.9. The Bertz CT molecular complexity index is 541. The van der Waals surface area contributed by atoms with Crippen LogP contribution >= 0.6 is 11.3 Å². The van der Waals surface area contributed by atoms with Crippen molar-refractivity contribution in [1.82, 2.24) is 4.98 Å². The molecule has 18 heavy (non-hydrogen) atoms. The summed E-state index contributed by atoms with van der Waals surface area (Å²) in [4.78, 5) is 17.7. The Morgan fingerprint density at radius 1 is 1.28 bits per heavy atom. The number of aryl methyl sites for hydroxylation is 2. The lowest BCUT2D eigenvalue weighted by Gasteiger charge is -2.01. The lowest BCUT2D eigenvalue weighted by Crippen LogP contribution is -2.14. The van der Waals surface area contributed by atoms with E-state index in [1.54, 1.807) is 11.3 Å². The first kappa shape index (κ1) is 11.4.